The summed E-state index contributed by atoms with van der Waals surface area (Å²) < 4.78 is 64.6. The molecule has 0 radical (unpaired) electrons. The molecule has 3 rings (SSSR count). The zero-order valence-corrected chi connectivity index (χ0v) is 13.4. The van der Waals surface area contributed by atoms with E-state index < -0.39 is 32.4 Å². The molecule has 0 saturated heterocycles. The number of rotatable bonds is 3. The average molecular weight is 364 g/mol. The van der Waals surface area contributed by atoms with Gasteiger partial charge in [0.15, 0.2) is 0 Å². The van der Waals surface area contributed by atoms with Crippen LogP contribution in [0.3, 0.4) is 0 Å². The van der Waals surface area contributed by atoms with Crippen molar-refractivity contribution in [3.8, 4) is 22.4 Å². The summed E-state index contributed by atoms with van der Waals surface area (Å²) in [5.74, 6) is -2.71. The highest BCUT2D eigenvalue weighted by Gasteiger charge is 2.21. The fourth-order valence-corrected chi connectivity index (χ4v) is 3.04. The predicted octanol–water partition coefficient (Wildman–Crippen LogP) is 3.48. The lowest BCUT2D eigenvalue weighted by molar-refractivity contribution is 0.555. The van der Waals surface area contributed by atoms with Crippen molar-refractivity contribution in [3.05, 3.63) is 72.2 Å². The molecule has 0 amide bonds. The fourth-order valence-electron chi connectivity index (χ4n) is 2.44. The molecule has 0 spiro atoms. The van der Waals surface area contributed by atoms with Crippen LogP contribution in [0.15, 0.2) is 59.6 Å². The molecule has 128 valence electrons. The van der Waals surface area contributed by atoms with Gasteiger partial charge in [0.1, 0.15) is 22.3 Å². The lowest BCUT2D eigenvalue weighted by atomic mass is 9.99. The number of aromatic nitrogens is 1. The quantitative estimate of drug-likeness (QED) is 0.773. The molecule has 2 N–H and O–H groups in total. The van der Waals surface area contributed by atoms with E-state index >= 15 is 0 Å². The van der Waals surface area contributed by atoms with Gasteiger partial charge in [-0.15, -0.1) is 0 Å². The van der Waals surface area contributed by atoms with Gasteiger partial charge in [0.25, 0.3) is 0 Å². The zero-order valence-electron chi connectivity index (χ0n) is 12.6. The first-order valence-electron chi connectivity index (χ1n) is 7.00. The van der Waals surface area contributed by atoms with Crippen LogP contribution in [-0.4, -0.2) is 13.4 Å². The number of benzene rings is 2. The SMILES string of the molecule is NS(=O)(=O)c1cc(F)c(-c2ncccc2-c2cccc(F)c2)cc1F. The molecule has 3 aromatic rings. The van der Waals surface area contributed by atoms with Gasteiger partial charge in [0, 0.05) is 17.3 Å². The molecule has 4 nitrogen and oxygen atoms in total. The van der Waals surface area contributed by atoms with Gasteiger partial charge in [-0.3, -0.25) is 4.98 Å². The minimum absolute atomic E-state index is 0.0467. The number of halogens is 3. The highest BCUT2D eigenvalue weighted by Crippen LogP contribution is 2.33. The molecule has 0 aliphatic rings. The second kappa shape index (κ2) is 6.30. The van der Waals surface area contributed by atoms with Crippen LogP contribution in [0, 0.1) is 17.5 Å². The molecule has 0 aliphatic heterocycles. The number of sulfonamides is 1. The number of hydrogen-bond donors (Lipinski definition) is 1. The van der Waals surface area contributed by atoms with Crippen LogP contribution in [0.25, 0.3) is 22.4 Å². The maximum Gasteiger partial charge on any atom is 0.241 e. The van der Waals surface area contributed by atoms with Crippen LogP contribution < -0.4 is 5.14 Å². The van der Waals surface area contributed by atoms with E-state index in [1.54, 1.807) is 18.2 Å². The van der Waals surface area contributed by atoms with Crippen molar-refractivity contribution in [2.75, 3.05) is 0 Å². The molecular weight excluding hydrogens is 353 g/mol. The maximum absolute atomic E-state index is 14.4. The Balaban J connectivity index is 2.24. The van der Waals surface area contributed by atoms with E-state index in [-0.39, 0.29) is 11.3 Å². The summed E-state index contributed by atoms with van der Waals surface area (Å²) in [6.07, 6.45) is 1.36. The van der Waals surface area contributed by atoms with Crippen LogP contribution in [0.5, 0.6) is 0 Å². The molecular formula is C17H11F3N2O2S. The van der Waals surface area contributed by atoms with Gasteiger partial charge in [0.2, 0.25) is 10.0 Å². The Morgan fingerprint density at radius 3 is 2.32 bits per heavy atom. The van der Waals surface area contributed by atoms with Gasteiger partial charge < -0.3 is 0 Å². The largest absolute Gasteiger partial charge is 0.255 e. The Labute approximate surface area is 141 Å². The Hall–Kier alpha value is -2.71. The average Bonchev–Trinajstić information content (AvgIpc) is 2.55. The van der Waals surface area contributed by atoms with E-state index in [1.165, 1.54) is 24.4 Å². The van der Waals surface area contributed by atoms with Crippen molar-refractivity contribution >= 4 is 10.0 Å². The van der Waals surface area contributed by atoms with Gasteiger partial charge in [-0.05, 0) is 35.9 Å². The molecule has 0 unspecified atom stereocenters. The molecule has 2 aromatic carbocycles. The Morgan fingerprint density at radius 1 is 0.880 bits per heavy atom. The first-order chi connectivity index (χ1) is 11.8. The van der Waals surface area contributed by atoms with E-state index in [0.29, 0.717) is 23.3 Å². The number of hydrogen-bond acceptors (Lipinski definition) is 3. The summed E-state index contributed by atoms with van der Waals surface area (Å²) in [5.41, 5.74) is 0.567. The zero-order chi connectivity index (χ0) is 18.2. The second-order valence-electron chi connectivity index (χ2n) is 5.22. The second-order valence-corrected chi connectivity index (χ2v) is 6.75. The van der Waals surface area contributed by atoms with Crippen molar-refractivity contribution in [3.63, 3.8) is 0 Å². The van der Waals surface area contributed by atoms with Crippen LogP contribution >= 0.6 is 0 Å². The van der Waals surface area contributed by atoms with Crippen LogP contribution in [-0.2, 0) is 10.0 Å². The Bertz CT molecular complexity index is 1070. The molecule has 0 bridgehead atoms. The molecule has 1 aromatic heterocycles. The minimum atomic E-state index is -4.41. The van der Waals surface area contributed by atoms with E-state index in [0.717, 1.165) is 0 Å². The van der Waals surface area contributed by atoms with Gasteiger partial charge in [0.05, 0.1) is 5.69 Å². The molecule has 25 heavy (non-hydrogen) atoms. The summed E-state index contributed by atoms with van der Waals surface area (Å²) in [7, 11) is -4.41. The van der Waals surface area contributed by atoms with Gasteiger partial charge in [-0.25, -0.2) is 26.7 Å². The van der Waals surface area contributed by atoms with Crippen molar-refractivity contribution in [1.82, 2.24) is 4.98 Å². The van der Waals surface area contributed by atoms with Crippen molar-refractivity contribution in [2.45, 2.75) is 4.90 Å². The molecule has 0 saturated carbocycles. The van der Waals surface area contributed by atoms with Crippen molar-refractivity contribution in [2.24, 2.45) is 5.14 Å². The Morgan fingerprint density at radius 2 is 1.64 bits per heavy atom. The van der Waals surface area contributed by atoms with Gasteiger partial charge >= 0.3 is 0 Å². The third-order valence-electron chi connectivity index (χ3n) is 3.53. The first-order valence-corrected chi connectivity index (χ1v) is 8.55. The maximum atomic E-state index is 14.4. The lowest BCUT2D eigenvalue weighted by Gasteiger charge is -2.11. The van der Waals surface area contributed by atoms with E-state index in [1.807, 2.05) is 0 Å². The number of primary sulfonamides is 1. The van der Waals surface area contributed by atoms with E-state index in [2.05, 4.69) is 4.98 Å². The van der Waals surface area contributed by atoms with Crippen LogP contribution in [0.2, 0.25) is 0 Å². The molecule has 0 aliphatic carbocycles. The van der Waals surface area contributed by atoms with Crippen molar-refractivity contribution < 1.29 is 21.6 Å². The normalized spacial score (nSPS) is 11.5. The van der Waals surface area contributed by atoms with Gasteiger partial charge in [-0.2, -0.15) is 0 Å². The highest BCUT2D eigenvalue weighted by molar-refractivity contribution is 7.89. The molecule has 1 heterocycles. The smallest absolute Gasteiger partial charge is 0.241 e. The summed E-state index contributed by atoms with van der Waals surface area (Å²) in [5, 5.41) is 4.86. The highest BCUT2D eigenvalue weighted by atomic mass is 32.2. The van der Waals surface area contributed by atoms with Gasteiger partial charge in [-0.1, -0.05) is 18.2 Å². The lowest BCUT2D eigenvalue weighted by Crippen LogP contribution is -2.14. The molecule has 8 heteroatoms. The topological polar surface area (TPSA) is 73.1 Å². The number of nitrogens with zero attached hydrogens (tertiary/aromatic N) is 1. The predicted molar refractivity (Wildman–Crippen MR) is 86.4 cm³/mol. The Kier molecular flexibility index (Phi) is 4.32. The number of pyridine rings is 1. The third kappa shape index (κ3) is 3.40. The number of nitrogens with two attached hydrogens (primary N) is 1. The third-order valence-corrected chi connectivity index (χ3v) is 4.45. The monoisotopic (exact) mass is 364 g/mol. The summed E-state index contributed by atoms with van der Waals surface area (Å²) in [6, 6.07) is 9.90. The van der Waals surface area contributed by atoms with E-state index in [9.17, 15) is 21.6 Å². The first kappa shape index (κ1) is 17.1. The summed E-state index contributed by atoms with van der Waals surface area (Å²) >= 11 is 0. The van der Waals surface area contributed by atoms with E-state index in [4.69, 9.17) is 5.14 Å². The fraction of sp³-hybridized carbons (Fsp3) is 0. The summed E-state index contributed by atoms with van der Waals surface area (Å²) in [4.78, 5) is 3.09. The standard InChI is InChI=1S/C17H11F3N2O2S/c18-11-4-1-3-10(7-11)12-5-2-6-22-17(12)13-8-15(20)16(9-14(13)19)25(21,23)24/h1-9H,(H2,21,23,24). The molecule has 0 atom stereocenters. The van der Waals surface area contributed by atoms with Crippen LogP contribution in [0.4, 0.5) is 13.2 Å². The summed E-state index contributed by atoms with van der Waals surface area (Å²) in [6.45, 7) is 0. The minimum Gasteiger partial charge on any atom is -0.255 e. The van der Waals surface area contributed by atoms with Crippen LogP contribution in [0.1, 0.15) is 0 Å². The van der Waals surface area contributed by atoms with Crippen molar-refractivity contribution in [1.29, 1.82) is 0 Å². The molecule has 0 fully saturated rings.